The van der Waals surface area contributed by atoms with E-state index in [1.54, 1.807) is 19.5 Å². The van der Waals surface area contributed by atoms with Gasteiger partial charge >= 0.3 is 0 Å². The molecule has 1 amide bonds. The summed E-state index contributed by atoms with van der Waals surface area (Å²) in [5, 5.41) is 0. The minimum atomic E-state index is 0.0568. The van der Waals surface area contributed by atoms with Crippen LogP contribution < -0.4 is 4.74 Å². The number of likely N-dealkylation sites (tertiary alicyclic amines) is 2. The molecule has 1 aromatic rings. The zero-order valence-corrected chi connectivity index (χ0v) is 15.3. The van der Waals surface area contributed by atoms with E-state index in [9.17, 15) is 4.79 Å². The van der Waals surface area contributed by atoms with Gasteiger partial charge in [-0.25, -0.2) is 0 Å². The molecule has 138 valence electrons. The Kier molecular flexibility index (Phi) is 6.26. The zero-order valence-electron chi connectivity index (χ0n) is 15.3. The second-order valence-electron chi connectivity index (χ2n) is 7.25. The van der Waals surface area contributed by atoms with Crippen molar-refractivity contribution >= 4 is 5.91 Å². The first-order chi connectivity index (χ1) is 12.2. The average molecular weight is 347 g/mol. The fourth-order valence-corrected chi connectivity index (χ4v) is 3.64. The highest BCUT2D eigenvalue weighted by Crippen LogP contribution is 2.23. The quantitative estimate of drug-likeness (QED) is 0.785. The molecule has 2 atom stereocenters. The Morgan fingerprint density at radius 1 is 1.36 bits per heavy atom. The molecule has 0 unspecified atom stereocenters. The number of carbonyl (C=O) groups excluding carboxylic acids is 1. The molecule has 0 radical (unpaired) electrons. The largest absolute Gasteiger partial charge is 0.490 e. The van der Waals surface area contributed by atoms with Gasteiger partial charge in [0.25, 0.3) is 0 Å². The van der Waals surface area contributed by atoms with Gasteiger partial charge in [0.1, 0.15) is 12.4 Å². The van der Waals surface area contributed by atoms with Crippen LogP contribution in [-0.2, 0) is 9.53 Å². The second kappa shape index (κ2) is 8.63. The lowest BCUT2D eigenvalue weighted by molar-refractivity contribution is -0.134. The van der Waals surface area contributed by atoms with E-state index in [4.69, 9.17) is 9.47 Å². The number of pyridine rings is 1. The van der Waals surface area contributed by atoms with Gasteiger partial charge < -0.3 is 14.4 Å². The lowest BCUT2D eigenvalue weighted by atomic mass is 9.99. The van der Waals surface area contributed by atoms with Crippen molar-refractivity contribution in [3.8, 4) is 5.75 Å². The average Bonchev–Trinajstić information content (AvgIpc) is 3.06. The van der Waals surface area contributed by atoms with Gasteiger partial charge in [-0.15, -0.1) is 0 Å². The molecule has 2 aliphatic rings. The number of rotatable bonds is 6. The third-order valence-corrected chi connectivity index (χ3v) is 5.34. The van der Waals surface area contributed by atoms with Gasteiger partial charge in [-0.05, 0) is 50.4 Å². The Labute approximate surface area is 150 Å². The first kappa shape index (κ1) is 18.1. The molecule has 0 aromatic carbocycles. The monoisotopic (exact) mass is 347 g/mol. The van der Waals surface area contributed by atoms with Crippen molar-refractivity contribution in [2.75, 3.05) is 39.9 Å². The first-order valence-electron chi connectivity index (χ1n) is 9.23. The van der Waals surface area contributed by atoms with Crippen molar-refractivity contribution < 1.29 is 14.3 Å². The maximum absolute atomic E-state index is 12.8. The summed E-state index contributed by atoms with van der Waals surface area (Å²) in [7, 11) is 1.71. The van der Waals surface area contributed by atoms with Gasteiger partial charge in [0.15, 0.2) is 0 Å². The molecule has 6 heteroatoms. The zero-order chi connectivity index (χ0) is 17.6. The van der Waals surface area contributed by atoms with Gasteiger partial charge in [0.05, 0.1) is 24.9 Å². The van der Waals surface area contributed by atoms with Crippen LogP contribution in [0.1, 0.15) is 26.2 Å². The Hall–Kier alpha value is -1.66. The van der Waals surface area contributed by atoms with Crippen molar-refractivity contribution in [3.05, 3.63) is 24.5 Å². The normalized spacial score (nSPS) is 25.3. The van der Waals surface area contributed by atoms with Crippen molar-refractivity contribution in [3.63, 3.8) is 0 Å². The molecule has 1 aromatic heterocycles. The van der Waals surface area contributed by atoms with Crippen molar-refractivity contribution in [1.29, 1.82) is 0 Å². The maximum Gasteiger partial charge on any atom is 0.237 e. The van der Waals surface area contributed by atoms with Gasteiger partial charge in [-0.3, -0.25) is 14.7 Å². The molecule has 6 nitrogen and oxygen atoms in total. The van der Waals surface area contributed by atoms with Gasteiger partial charge in [-0.2, -0.15) is 0 Å². The molecule has 2 fully saturated rings. The lowest BCUT2D eigenvalue weighted by Crippen LogP contribution is -2.46. The van der Waals surface area contributed by atoms with Crippen LogP contribution in [0.5, 0.6) is 5.75 Å². The summed E-state index contributed by atoms with van der Waals surface area (Å²) >= 11 is 0. The minimum Gasteiger partial charge on any atom is -0.490 e. The first-order valence-corrected chi connectivity index (χ1v) is 9.23. The number of carbonyl (C=O) groups is 1. The minimum absolute atomic E-state index is 0.0568. The van der Waals surface area contributed by atoms with E-state index in [1.165, 1.54) is 12.8 Å². The number of hydrogen-bond donors (Lipinski definition) is 0. The molecule has 0 saturated carbocycles. The predicted molar refractivity (Wildman–Crippen MR) is 95.5 cm³/mol. The summed E-state index contributed by atoms with van der Waals surface area (Å²) < 4.78 is 11.3. The number of methoxy groups -OCH3 is 1. The van der Waals surface area contributed by atoms with Crippen LogP contribution in [0.25, 0.3) is 0 Å². The van der Waals surface area contributed by atoms with Crippen LogP contribution in [0.4, 0.5) is 0 Å². The molecule has 0 aliphatic carbocycles. The SMILES string of the molecule is CO[C@@H]1C[C@@H](COc2cccnc2)N(C(=O)CN2CCC(C)CC2)C1. The predicted octanol–water partition coefficient (Wildman–Crippen LogP) is 1.81. The smallest absolute Gasteiger partial charge is 0.237 e. The summed E-state index contributed by atoms with van der Waals surface area (Å²) in [5.41, 5.74) is 0. The molecular formula is C19H29N3O3. The van der Waals surface area contributed by atoms with E-state index >= 15 is 0 Å². The molecule has 3 heterocycles. The topological polar surface area (TPSA) is 54.9 Å². The Balaban J connectivity index is 1.55. The van der Waals surface area contributed by atoms with Crippen molar-refractivity contribution in [2.24, 2.45) is 5.92 Å². The standard InChI is InChI=1S/C19H29N3O3/c1-15-5-8-21(9-6-15)13-19(23)22-12-18(24-2)10-16(22)14-25-17-4-3-7-20-11-17/h3-4,7,11,15-16,18H,5-6,8-10,12-14H2,1-2H3/t16-,18+/m0/s1. The van der Waals surface area contributed by atoms with E-state index in [1.807, 2.05) is 17.0 Å². The molecule has 0 bridgehead atoms. The van der Waals surface area contributed by atoms with Gasteiger partial charge in [0.2, 0.25) is 5.91 Å². The number of ether oxygens (including phenoxy) is 2. The number of piperidine rings is 1. The van der Waals surface area contributed by atoms with E-state index < -0.39 is 0 Å². The van der Waals surface area contributed by atoms with E-state index in [0.29, 0.717) is 19.7 Å². The Morgan fingerprint density at radius 2 is 2.16 bits per heavy atom. The fourth-order valence-electron chi connectivity index (χ4n) is 3.64. The van der Waals surface area contributed by atoms with Crippen LogP contribution in [0.2, 0.25) is 0 Å². The fraction of sp³-hybridized carbons (Fsp3) is 0.684. The van der Waals surface area contributed by atoms with Gasteiger partial charge in [0, 0.05) is 19.9 Å². The molecule has 0 N–H and O–H groups in total. The number of hydrogen-bond acceptors (Lipinski definition) is 5. The van der Waals surface area contributed by atoms with E-state index in [-0.39, 0.29) is 18.1 Å². The third-order valence-electron chi connectivity index (χ3n) is 5.34. The summed E-state index contributed by atoms with van der Waals surface area (Å²) in [4.78, 5) is 21.1. The third kappa shape index (κ3) is 4.92. The van der Waals surface area contributed by atoms with Crippen LogP contribution in [0.3, 0.4) is 0 Å². The molecular weight excluding hydrogens is 318 g/mol. The Bertz CT molecular complexity index is 546. The van der Waals surface area contributed by atoms with Crippen molar-refractivity contribution in [1.82, 2.24) is 14.8 Å². The van der Waals surface area contributed by atoms with Crippen LogP contribution >= 0.6 is 0 Å². The maximum atomic E-state index is 12.8. The molecule has 3 rings (SSSR count). The summed E-state index contributed by atoms with van der Waals surface area (Å²) in [6.45, 7) is 5.97. The van der Waals surface area contributed by atoms with Crippen LogP contribution in [-0.4, -0.2) is 72.7 Å². The lowest BCUT2D eigenvalue weighted by Gasteiger charge is -2.32. The van der Waals surface area contributed by atoms with Crippen LogP contribution in [0, 0.1) is 5.92 Å². The van der Waals surface area contributed by atoms with E-state index in [0.717, 1.165) is 31.2 Å². The van der Waals surface area contributed by atoms with E-state index in [2.05, 4.69) is 16.8 Å². The Morgan fingerprint density at radius 3 is 2.84 bits per heavy atom. The number of amides is 1. The molecule has 0 spiro atoms. The summed E-state index contributed by atoms with van der Waals surface area (Å²) in [6, 6.07) is 3.79. The van der Waals surface area contributed by atoms with Crippen molar-refractivity contribution in [2.45, 2.75) is 38.3 Å². The second-order valence-corrected chi connectivity index (χ2v) is 7.25. The molecule has 25 heavy (non-hydrogen) atoms. The number of nitrogens with zero attached hydrogens (tertiary/aromatic N) is 3. The molecule has 2 aliphatic heterocycles. The highest BCUT2D eigenvalue weighted by molar-refractivity contribution is 5.79. The summed E-state index contributed by atoms with van der Waals surface area (Å²) in [5.74, 6) is 1.70. The highest BCUT2D eigenvalue weighted by Gasteiger charge is 2.36. The molecule has 2 saturated heterocycles. The highest BCUT2D eigenvalue weighted by atomic mass is 16.5. The van der Waals surface area contributed by atoms with Crippen LogP contribution in [0.15, 0.2) is 24.5 Å². The van der Waals surface area contributed by atoms with Gasteiger partial charge in [-0.1, -0.05) is 6.92 Å². The summed E-state index contributed by atoms with van der Waals surface area (Å²) in [6.07, 6.45) is 6.69. The number of aromatic nitrogens is 1.